The standard InChI is InChI=1S/C15H12N2O2/c1-19-15(18)12-3-5-14(17-9-12)10-2-4-13-11(8-10)6-7-16-13/h2-9,16H,1H3. The first-order chi connectivity index (χ1) is 9.28. The number of fused-ring (bicyclic) bond motifs is 1. The van der Waals surface area contributed by atoms with Gasteiger partial charge in [-0.3, -0.25) is 4.98 Å². The van der Waals surface area contributed by atoms with E-state index in [0.29, 0.717) is 5.56 Å². The van der Waals surface area contributed by atoms with Gasteiger partial charge >= 0.3 is 5.97 Å². The van der Waals surface area contributed by atoms with Gasteiger partial charge in [0.1, 0.15) is 0 Å². The maximum absolute atomic E-state index is 11.3. The lowest BCUT2D eigenvalue weighted by Gasteiger charge is -2.03. The summed E-state index contributed by atoms with van der Waals surface area (Å²) in [5.41, 5.74) is 3.39. The molecule has 3 aromatic rings. The molecule has 0 aliphatic heterocycles. The minimum atomic E-state index is -0.375. The van der Waals surface area contributed by atoms with Crippen molar-refractivity contribution in [3.05, 3.63) is 54.4 Å². The van der Waals surface area contributed by atoms with Crippen LogP contribution in [0.15, 0.2) is 48.8 Å². The van der Waals surface area contributed by atoms with Crippen molar-refractivity contribution in [2.75, 3.05) is 7.11 Å². The second kappa shape index (κ2) is 4.57. The molecule has 0 aliphatic rings. The van der Waals surface area contributed by atoms with Crippen LogP contribution >= 0.6 is 0 Å². The summed E-state index contributed by atoms with van der Waals surface area (Å²) in [5.74, 6) is -0.375. The Bertz CT molecular complexity index is 729. The number of nitrogens with one attached hydrogen (secondary N) is 1. The zero-order valence-corrected chi connectivity index (χ0v) is 10.4. The van der Waals surface area contributed by atoms with Crippen LogP contribution in [0.2, 0.25) is 0 Å². The number of methoxy groups -OCH3 is 1. The van der Waals surface area contributed by atoms with Gasteiger partial charge in [-0.1, -0.05) is 6.07 Å². The van der Waals surface area contributed by atoms with Crippen LogP contribution < -0.4 is 0 Å². The summed E-state index contributed by atoms with van der Waals surface area (Å²) in [4.78, 5) is 18.8. The highest BCUT2D eigenvalue weighted by atomic mass is 16.5. The predicted molar refractivity (Wildman–Crippen MR) is 72.9 cm³/mol. The molecule has 2 heterocycles. The quantitative estimate of drug-likeness (QED) is 0.713. The fourth-order valence-electron chi connectivity index (χ4n) is 2.02. The molecule has 0 unspecified atom stereocenters. The highest BCUT2D eigenvalue weighted by Crippen LogP contribution is 2.22. The zero-order chi connectivity index (χ0) is 13.2. The number of rotatable bonds is 2. The summed E-state index contributed by atoms with van der Waals surface area (Å²) >= 11 is 0. The number of benzene rings is 1. The lowest BCUT2D eigenvalue weighted by molar-refractivity contribution is 0.0600. The first-order valence-electron chi connectivity index (χ1n) is 5.90. The molecule has 0 saturated heterocycles. The number of nitrogens with zero attached hydrogens (tertiary/aromatic N) is 1. The van der Waals surface area contributed by atoms with Gasteiger partial charge in [-0.25, -0.2) is 4.79 Å². The highest BCUT2D eigenvalue weighted by molar-refractivity contribution is 5.89. The van der Waals surface area contributed by atoms with Crippen LogP contribution in [0, 0.1) is 0 Å². The van der Waals surface area contributed by atoms with E-state index in [1.54, 1.807) is 6.07 Å². The van der Waals surface area contributed by atoms with Gasteiger partial charge in [-0.05, 0) is 30.3 Å². The van der Waals surface area contributed by atoms with E-state index in [-0.39, 0.29) is 5.97 Å². The molecule has 19 heavy (non-hydrogen) atoms. The Hall–Kier alpha value is -2.62. The van der Waals surface area contributed by atoms with Crippen LogP contribution in [-0.4, -0.2) is 23.0 Å². The molecule has 0 amide bonds. The van der Waals surface area contributed by atoms with E-state index < -0.39 is 0 Å². The minimum Gasteiger partial charge on any atom is -0.465 e. The van der Waals surface area contributed by atoms with Crippen molar-refractivity contribution in [3.63, 3.8) is 0 Å². The molecule has 0 fully saturated rings. The average Bonchev–Trinajstić information content (AvgIpc) is 2.94. The van der Waals surface area contributed by atoms with Crippen molar-refractivity contribution < 1.29 is 9.53 Å². The molecular weight excluding hydrogens is 240 g/mol. The number of pyridine rings is 1. The number of carbonyl (C=O) groups is 1. The number of hydrogen-bond donors (Lipinski definition) is 1. The van der Waals surface area contributed by atoms with Crippen LogP contribution in [0.5, 0.6) is 0 Å². The van der Waals surface area contributed by atoms with Crippen molar-refractivity contribution in [2.45, 2.75) is 0 Å². The van der Waals surface area contributed by atoms with Gasteiger partial charge in [0.15, 0.2) is 0 Å². The molecule has 2 aromatic heterocycles. The third kappa shape index (κ3) is 2.08. The third-order valence-electron chi connectivity index (χ3n) is 3.03. The highest BCUT2D eigenvalue weighted by Gasteiger charge is 2.07. The Balaban J connectivity index is 1.99. The van der Waals surface area contributed by atoms with E-state index in [2.05, 4.69) is 20.8 Å². The van der Waals surface area contributed by atoms with Crippen LogP contribution in [0.4, 0.5) is 0 Å². The third-order valence-corrected chi connectivity index (χ3v) is 3.03. The van der Waals surface area contributed by atoms with E-state index in [1.807, 2.05) is 30.5 Å². The van der Waals surface area contributed by atoms with Crippen molar-refractivity contribution in [1.29, 1.82) is 0 Å². The Morgan fingerprint density at radius 2 is 2.11 bits per heavy atom. The molecule has 0 atom stereocenters. The molecule has 0 spiro atoms. The minimum absolute atomic E-state index is 0.375. The molecule has 0 radical (unpaired) electrons. The number of hydrogen-bond acceptors (Lipinski definition) is 3. The number of H-pyrrole nitrogens is 1. The Labute approximate surface area is 110 Å². The van der Waals surface area contributed by atoms with Gasteiger partial charge in [0, 0.05) is 28.9 Å². The molecule has 4 nitrogen and oxygen atoms in total. The largest absolute Gasteiger partial charge is 0.465 e. The lowest BCUT2D eigenvalue weighted by Crippen LogP contribution is -2.01. The number of carbonyl (C=O) groups excluding carboxylic acids is 1. The maximum Gasteiger partial charge on any atom is 0.339 e. The number of aromatic nitrogens is 2. The van der Waals surface area contributed by atoms with Gasteiger partial charge in [0.25, 0.3) is 0 Å². The summed E-state index contributed by atoms with van der Waals surface area (Å²) in [7, 11) is 1.36. The van der Waals surface area contributed by atoms with Crippen molar-refractivity contribution in [3.8, 4) is 11.3 Å². The molecule has 0 bridgehead atoms. The van der Waals surface area contributed by atoms with Gasteiger partial charge in [-0.15, -0.1) is 0 Å². The normalized spacial score (nSPS) is 10.6. The van der Waals surface area contributed by atoms with Crippen LogP contribution in [0.1, 0.15) is 10.4 Å². The second-order valence-electron chi connectivity index (χ2n) is 4.20. The number of aromatic amines is 1. The van der Waals surface area contributed by atoms with E-state index in [4.69, 9.17) is 0 Å². The summed E-state index contributed by atoms with van der Waals surface area (Å²) in [6, 6.07) is 11.6. The van der Waals surface area contributed by atoms with E-state index in [9.17, 15) is 4.79 Å². The first kappa shape index (κ1) is 11.5. The summed E-state index contributed by atoms with van der Waals surface area (Å²) in [5, 5.41) is 1.14. The Kier molecular flexibility index (Phi) is 2.76. The molecule has 0 saturated carbocycles. The summed E-state index contributed by atoms with van der Waals surface area (Å²) < 4.78 is 4.65. The van der Waals surface area contributed by atoms with Crippen LogP contribution in [-0.2, 0) is 4.74 Å². The molecule has 0 aliphatic carbocycles. The Morgan fingerprint density at radius 1 is 1.21 bits per heavy atom. The van der Waals surface area contributed by atoms with Crippen molar-refractivity contribution in [1.82, 2.24) is 9.97 Å². The van der Waals surface area contributed by atoms with Gasteiger partial charge in [-0.2, -0.15) is 0 Å². The topological polar surface area (TPSA) is 55.0 Å². The van der Waals surface area contributed by atoms with Gasteiger partial charge in [0.05, 0.1) is 18.4 Å². The maximum atomic E-state index is 11.3. The van der Waals surface area contributed by atoms with Gasteiger partial charge < -0.3 is 9.72 Å². The van der Waals surface area contributed by atoms with Crippen LogP contribution in [0.3, 0.4) is 0 Å². The van der Waals surface area contributed by atoms with Gasteiger partial charge in [0.2, 0.25) is 0 Å². The zero-order valence-electron chi connectivity index (χ0n) is 10.4. The SMILES string of the molecule is COC(=O)c1ccc(-c2ccc3[nH]ccc3c2)nc1. The first-order valence-corrected chi connectivity index (χ1v) is 5.90. The molecule has 1 aromatic carbocycles. The second-order valence-corrected chi connectivity index (χ2v) is 4.20. The average molecular weight is 252 g/mol. The molecule has 4 heteroatoms. The van der Waals surface area contributed by atoms with Crippen molar-refractivity contribution in [2.24, 2.45) is 0 Å². The molecular formula is C15H12N2O2. The number of esters is 1. The summed E-state index contributed by atoms with van der Waals surface area (Å²) in [6.45, 7) is 0. The monoisotopic (exact) mass is 252 g/mol. The molecule has 94 valence electrons. The Morgan fingerprint density at radius 3 is 2.84 bits per heavy atom. The number of ether oxygens (including phenoxy) is 1. The fourth-order valence-corrected chi connectivity index (χ4v) is 2.02. The lowest BCUT2D eigenvalue weighted by atomic mass is 10.1. The molecule has 1 N–H and O–H groups in total. The van der Waals surface area contributed by atoms with E-state index in [1.165, 1.54) is 13.3 Å². The molecule has 3 rings (SSSR count). The summed E-state index contributed by atoms with van der Waals surface area (Å²) in [6.07, 6.45) is 3.44. The van der Waals surface area contributed by atoms with E-state index in [0.717, 1.165) is 22.2 Å². The van der Waals surface area contributed by atoms with Crippen LogP contribution in [0.25, 0.3) is 22.2 Å². The van der Waals surface area contributed by atoms with E-state index >= 15 is 0 Å². The fraction of sp³-hybridized carbons (Fsp3) is 0.0667. The van der Waals surface area contributed by atoms with Crippen molar-refractivity contribution >= 4 is 16.9 Å². The smallest absolute Gasteiger partial charge is 0.339 e. The predicted octanol–water partition coefficient (Wildman–Crippen LogP) is 3.02.